The minimum Gasteiger partial charge on any atom is -0.545 e. The number of para-hydroxylation sites is 1. The summed E-state index contributed by atoms with van der Waals surface area (Å²) in [4.78, 5) is 11.4. The van der Waals surface area contributed by atoms with E-state index in [2.05, 4.69) is 5.32 Å². The first-order valence-corrected chi connectivity index (χ1v) is 6.56. The molecule has 0 spiro atoms. The first-order valence-electron chi connectivity index (χ1n) is 5.68. The Labute approximate surface area is 135 Å². The van der Waals surface area contributed by atoms with Gasteiger partial charge < -0.3 is 15.2 Å². The molecule has 0 aliphatic rings. The van der Waals surface area contributed by atoms with E-state index >= 15 is 0 Å². The maximum absolute atomic E-state index is 12.2. The van der Waals surface area contributed by atoms with E-state index < -0.39 is 11.7 Å². The second-order valence-electron chi connectivity index (χ2n) is 3.86. The molecule has 21 heavy (non-hydrogen) atoms. The normalized spacial score (nSPS) is 10.0. The summed E-state index contributed by atoms with van der Waals surface area (Å²) < 4.78 is 24.4. The SMILES string of the molecule is O=C([O-])c1ccccc1Nc1ccc(SC(F)F)cc1.[Cu+2]. The molecular weight excluding hydrogens is 348 g/mol. The van der Waals surface area contributed by atoms with Crippen LogP contribution in [-0.4, -0.2) is 11.7 Å². The summed E-state index contributed by atoms with van der Waals surface area (Å²) in [5.74, 6) is -3.74. The number of rotatable bonds is 5. The Kier molecular flexibility index (Phi) is 6.68. The van der Waals surface area contributed by atoms with E-state index in [1.165, 1.54) is 6.07 Å². The van der Waals surface area contributed by atoms with Crippen LogP contribution in [0.4, 0.5) is 20.2 Å². The number of thioether (sulfide) groups is 1. The van der Waals surface area contributed by atoms with E-state index in [1.54, 1.807) is 42.5 Å². The molecule has 0 unspecified atom stereocenters. The number of carboxylic acids is 1. The van der Waals surface area contributed by atoms with Gasteiger partial charge in [0.1, 0.15) is 0 Å². The molecule has 2 aromatic rings. The van der Waals surface area contributed by atoms with Gasteiger partial charge in [-0.25, -0.2) is 0 Å². The number of halogens is 2. The number of carbonyl (C=O) groups is 1. The van der Waals surface area contributed by atoms with Gasteiger partial charge in [-0.05, 0) is 30.3 Å². The van der Waals surface area contributed by atoms with Crippen molar-refractivity contribution in [3.05, 3.63) is 54.1 Å². The van der Waals surface area contributed by atoms with Crippen LogP contribution in [0.5, 0.6) is 0 Å². The van der Waals surface area contributed by atoms with Gasteiger partial charge in [0, 0.05) is 21.8 Å². The Hall–Kier alpha value is -1.56. The molecule has 2 aromatic carbocycles. The molecule has 0 bridgehead atoms. The molecule has 7 heteroatoms. The number of nitrogens with one attached hydrogen (secondary N) is 1. The van der Waals surface area contributed by atoms with E-state index in [0.29, 0.717) is 28.0 Å². The molecule has 0 aliphatic carbocycles. The van der Waals surface area contributed by atoms with Gasteiger partial charge in [0.15, 0.2) is 0 Å². The molecule has 1 radical (unpaired) electrons. The summed E-state index contributed by atoms with van der Waals surface area (Å²) in [7, 11) is 0. The van der Waals surface area contributed by atoms with Crippen molar-refractivity contribution in [3.63, 3.8) is 0 Å². The van der Waals surface area contributed by atoms with Crippen LogP contribution in [0.1, 0.15) is 10.4 Å². The smallest absolute Gasteiger partial charge is 0.545 e. The average Bonchev–Trinajstić information content (AvgIpc) is 2.41. The number of benzene rings is 2. The van der Waals surface area contributed by atoms with Gasteiger partial charge in [-0.3, -0.25) is 0 Å². The molecular formula is C14H10CuF2NO2S+. The van der Waals surface area contributed by atoms with E-state index in [1.807, 2.05) is 0 Å². The van der Waals surface area contributed by atoms with E-state index in [4.69, 9.17) is 0 Å². The summed E-state index contributed by atoms with van der Waals surface area (Å²) in [6.45, 7) is 0. The Morgan fingerprint density at radius 3 is 2.29 bits per heavy atom. The Bertz CT molecular complexity index is 608. The zero-order valence-electron chi connectivity index (χ0n) is 10.5. The predicted octanol–water partition coefficient (Wildman–Crippen LogP) is 3.11. The average molecular weight is 358 g/mol. The summed E-state index contributed by atoms with van der Waals surface area (Å²) in [6.07, 6.45) is 0. The van der Waals surface area contributed by atoms with E-state index in [9.17, 15) is 18.7 Å². The maximum Gasteiger partial charge on any atom is 2.00 e. The number of aromatic carboxylic acids is 1. The monoisotopic (exact) mass is 357 g/mol. The number of hydrogen-bond donors (Lipinski definition) is 1. The minimum absolute atomic E-state index is 0. The molecule has 0 saturated carbocycles. The van der Waals surface area contributed by atoms with Crippen molar-refractivity contribution in [1.82, 2.24) is 0 Å². The van der Waals surface area contributed by atoms with E-state index in [0.717, 1.165) is 0 Å². The van der Waals surface area contributed by atoms with Crippen LogP contribution < -0.4 is 10.4 Å². The minimum atomic E-state index is -2.47. The Morgan fingerprint density at radius 1 is 1.10 bits per heavy atom. The third-order valence-corrected chi connectivity index (χ3v) is 3.23. The van der Waals surface area contributed by atoms with Crippen LogP contribution in [0, 0.1) is 0 Å². The predicted molar refractivity (Wildman–Crippen MR) is 72.4 cm³/mol. The zero-order chi connectivity index (χ0) is 14.5. The fourth-order valence-electron chi connectivity index (χ4n) is 1.65. The summed E-state index contributed by atoms with van der Waals surface area (Å²) in [5, 5.41) is 13.9. The molecule has 3 nitrogen and oxygen atoms in total. The van der Waals surface area contributed by atoms with Gasteiger partial charge in [0.2, 0.25) is 0 Å². The Morgan fingerprint density at radius 2 is 1.71 bits per heavy atom. The molecule has 0 saturated heterocycles. The van der Waals surface area contributed by atoms with Crippen molar-refractivity contribution >= 4 is 29.1 Å². The van der Waals surface area contributed by atoms with Crippen LogP contribution in [-0.2, 0) is 17.1 Å². The summed E-state index contributed by atoms with van der Waals surface area (Å²) >= 11 is 0.456. The number of anilines is 2. The molecule has 2 rings (SSSR count). The molecule has 0 heterocycles. The molecule has 1 N–H and O–H groups in total. The van der Waals surface area contributed by atoms with Crippen LogP contribution in [0.3, 0.4) is 0 Å². The van der Waals surface area contributed by atoms with Crippen LogP contribution in [0.25, 0.3) is 0 Å². The number of carboxylic acid groups (broad SMARTS) is 1. The van der Waals surface area contributed by atoms with Gasteiger partial charge in [0.25, 0.3) is 5.76 Å². The molecule has 0 fully saturated rings. The van der Waals surface area contributed by atoms with Gasteiger partial charge in [0.05, 0.1) is 5.97 Å². The maximum atomic E-state index is 12.2. The van der Waals surface area contributed by atoms with Crippen molar-refractivity contribution in [2.45, 2.75) is 10.7 Å². The van der Waals surface area contributed by atoms with Gasteiger partial charge >= 0.3 is 17.1 Å². The number of carbonyl (C=O) groups excluding carboxylic acids is 1. The van der Waals surface area contributed by atoms with Crippen molar-refractivity contribution in [2.24, 2.45) is 0 Å². The third kappa shape index (κ3) is 5.04. The Balaban J connectivity index is 0.00000220. The summed E-state index contributed by atoms with van der Waals surface area (Å²) in [6, 6.07) is 12.6. The molecule has 0 atom stereocenters. The van der Waals surface area contributed by atoms with Crippen LogP contribution in [0.2, 0.25) is 0 Å². The van der Waals surface area contributed by atoms with Crippen molar-refractivity contribution in [1.29, 1.82) is 0 Å². The third-order valence-electron chi connectivity index (χ3n) is 2.51. The van der Waals surface area contributed by atoms with Crippen molar-refractivity contribution in [2.75, 3.05) is 5.32 Å². The fourth-order valence-corrected chi connectivity index (χ4v) is 2.14. The van der Waals surface area contributed by atoms with E-state index in [-0.39, 0.29) is 22.6 Å². The van der Waals surface area contributed by atoms with Crippen molar-refractivity contribution < 1.29 is 35.8 Å². The van der Waals surface area contributed by atoms with Crippen LogP contribution >= 0.6 is 11.8 Å². The topological polar surface area (TPSA) is 52.2 Å². The standard InChI is InChI=1S/C14H11F2NO2S.Cu/c15-14(16)20-10-7-5-9(6-8-10)17-12-4-2-1-3-11(12)13(18)19;/h1-8,14,17H,(H,18,19);/q;+2/p-1. The molecule has 0 aromatic heterocycles. The quantitative estimate of drug-likeness (QED) is 0.660. The van der Waals surface area contributed by atoms with Gasteiger partial charge in [-0.2, -0.15) is 8.78 Å². The fraction of sp³-hybridized carbons (Fsp3) is 0.0714. The second kappa shape index (κ2) is 8.02. The largest absolute Gasteiger partial charge is 2.00 e. The molecule has 113 valence electrons. The summed E-state index contributed by atoms with van der Waals surface area (Å²) in [5.41, 5.74) is 1.04. The second-order valence-corrected chi connectivity index (χ2v) is 4.92. The van der Waals surface area contributed by atoms with Crippen molar-refractivity contribution in [3.8, 4) is 0 Å². The number of hydrogen-bond acceptors (Lipinski definition) is 4. The van der Waals surface area contributed by atoms with Gasteiger partial charge in [-0.15, -0.1) is 0 Å². The first-order chi connectivity index (χ1) is 9.56. The van der Waals surface area contributed by atoms with Gasteiger partial charge in [-0.1, -0.05) is 30.0 Å². The van der Waals surface area contributed by atoms with Crippen LogP contribution in [0.15, 0.2) is 53.4 Å². The number of alkyl halides is 2. The molecule has 0 amide bonds. The first kappa shape index (κ1) is 17.5. The zero-order valence-corrected chi connectivity index (χ0v) is 12.2. The molecule has 0 aliphatic heterocycles.